The molecule has 1 rings (SSSR count). The largest absolute Gasteiger partial charge is 0.493 e. The van der Waals surface area contributed by atoms with Gasteiger partial charge in [0, 0.05) is 17.8 Å². The summed E-state index contributed by atoms with van der Waals surface area (Å²) in [5.74, 6) is 0.835. The highest BCUT2D eigenvalue weighted by atomic mass is 16.5. The van der Waals surface area contributed by atoms with Crippen molar-refractivity contribution in [1.82, 2.24) is 5.32 Å². The fourth-order valence-corrected chi connectivity index (χ4v) is 2.08. The first kappa shape index (κ1) is 16.1. The molecule has 1 aromatic carbocycles. The van der Waals surface area contributed by atoms with Gasteiger partial charge < -0.3 is 20.5 Å². The Morgan fingerprint density at radius 1 is 1.25 bits per heavy atom. The van der Waals surface area contributed by atoms with Crippen LogP contribution in [0, 0.1) is 0 Å². The molecule has 0 bridgehead atoms. The van der Waals surface area contributed by atoms with Gasteiger partial charge in [0.25, 0.3) is 5.91 Å². The zero-order valence-electron chi connectivity index (χ0n) is 12.7. The van der Waals surface area contributed by atoms with Gasteiger partial charge in [-0.1, -0.05) is 20.3 Å². The second-order valence-corrected chi connectivity index (χ2v) is 4.66. The van der Waals surface area contributed by atoms with E-state index in [-0.39, 0.29) is 11.9 Å². The lowest BCUT2D eigenvalue weighted by Crippen LogP contribution is -2.34. The Balaban J connectivity index is 2.97. The van der Waals surface area contributed by atoms with E-state index >= 15 is 0 Å². The van der Waals surface area contributed by atoms with Crippen molar-refractivity contribution in [2.45, 2.75) is 39.2 Å². The molecule has 0 spiro atoms. The minimum absolute atomic E-state index is 0.167. The molecule has 0 saturated carbocycles. The van der Waals surface area contributed by atoms with E-state index in [0.717, 1.165) is 19.3 Å². The van der Waals surface area contributed by atoms with Gasteiger partial charge in [0.1, 0.15) is 0 Å². The zero-order valence-corrected chi connectivity index (χ0v) is 12.7. The number of nitrogen functional groups attached to an aromatic ring is 1. The lowest BCUT2D eigenvalue weighted by atomic mass is 10.1. The monoisotopic (exact) mass is 280 g/mol. The minimum atomic E-state index is -0.177. The molecule has 1 atom stereocenters. The molecule has 1 unspecified atom stereocenters. The molecule has 0 aliphatic carbocycles. The summed E-state index contributed by atoms with van der Waals surface area (Å²) >= 11 is 0. The molecule has 0 fully saturated rings. The summed E-state index contributed by atoms with van der Waals surface area (Å²) in [6.07, 6.45) is 2.88. The fraction of sp³-hybridized carbons (Fsp3) is 0.533. The number of methoxy groups -OCH3 is 2. The molecule has 0 aromatic heterocycles. The maximum Gasteiger partial charge on any atom is 0.253 e. The number of rotatable bonds is 7. The van der Waals surface area contributed by atoms with Gasteiger partial charge in [-0.25, -0.2) is 0 Å². The third-order valence-corrected chi connectivity index (χ3v) is 3.27. The van der Waals surface area contributed by atoms with Gasteiger partial charge in [0.15, 0.2) is 11.5 Å². The molecular formula is C15H24N2O3. The van der Waals surface area contributed by atoms with Crippen LogP contribution in [0.1, 0.15) is 43.5 Å². The molecular weight excluding hydrogens is 256 g/mol. The van der Waals surface area contributed by atoms with E-state index in [2.05, 4.69) is 19.2 Å². The smallest absolute Gasteiger partial charge is 0.253 e. The van der Waals surface area contributed by atoms with Crippen LogP contribution in [0.4, 0.5) is 5.69 Å². The Kier molecular flexibility index (Phi) is 6.15. The van der Waals surface area contributed by atoms with Crippen molar-refractivity contribution in [3.63, 3.8) is 0 Å². The molecule has 3 N–H and O–H groups in total. The molecule has 1 aromatic rings. The second kappa shape index (κ2) is 7.62. The van der Waals surface area contributed by atoms with E-state index < -0.39 is 0 Å². The summed E-state index contributed by atoms with van der Waals surface area (Å²) in [5, 5.41) is 3.00. The van der Waals surface area contributed by atoms with Gasteiger partial charge >= 0.3 is 0 Å². The van der Waals surface area contributed by atoms with E-state index in [1.54, 1.807) is 12.1 Å². The van der Waals surface area contributed by atoms with Crippen LogP contribution in [0.5, 0.6) is 11.5 Å². The van der Waals surface area contributed by atoms with Crippen LogP contribution in [0.25, 0.3) is 0 Å². The maximum atomic E-state index is 12.3. The Hall–Kier alpha value is -1.91. The molecule has 20 heavy (non-hydrogen) atoms. The number of carbonyl (C=O) groups is 1. The average Bonchev–Trinajstić information content (AvgIpc) is 2.46. The average molecular weight is 280 g/mol. The number of anilines is 1. The van der Waals surface area contributed by atoms with E-state index in [0.29, 0.717) is 22.7 Å². The Bertz CT molecular complexity index is 461. The van der Waals surface area contributed by atoms with Gasteiger partial charge in [-0.05, 0) is 18.9 Å². The highest BCUT2D eigenvalue weighted by molar-refractivity contribution is 6.00. The van der Waals surface area contributed by atoms with Crippen molar-refractivity contribution in [1.29, 1.82) is 0 Å². The Morgan fingerprint density at radius 3 is 2.35 bits per heavy atom. The molecule has 0 radical (unpaired) electrons. The van der Waals surface area contributed by atoms with Crippen LogP contribution in [0.3, 0.4) is 0 Å². The van der Waals surface area contributed by atoms with Crippen LogP contribution in [0.2, 0.25) is 0 Å². The van der Waals surface area contributed by atoms with Gasteiger partial charge in [0.2, 0.25) is 0 Å². The number of hydrogen-bond acceptors (Lipinski definition) is 4. The summed E-state index contributed by atoms with van der Waals surface area (Å²) in [7, 11) is 3.06. The SMILES string of the molecule is CCCC(CC)NC(=O)c1cc(OC)c(OC)cc1N. The number of nitrogens with one attached hydrogen (secondary N) is 1. The number of amides is 1. The zero-order chi connectivity index (χ0) is 15.1. The first-order chi connectivity index (χ1) is 9.57. The van der Waals surface area contributed by atoms with E-state index in [4.69, 9.17) is 15.2 Å². The lowest BCUT2D eigenvalue weighted by Gasteiger charge is -2.18. The first-order valence-electron chi connectivity index (χ1n) is 6.89. The second-order valence-electron chi connectivity index (χ2n) is 4.66. The molecule has 5 heteroatoms. The van der Waals surface area contributed by atoms with Crippen molar-refractivity contribution >= 4 is 11.6 Å². The van der Waals surface area contributed by atoms with Gasteiger partial charge in [0.05, 0.1) is 19.8 Å². The highest BCUT2D eigenvalue weighted by Gasteiger charge is 2.17. The van der Waals surface area contributed by atoms with Crippen molar-refractivity contribution in [3.05, 3.63) is 17.7 Å². The van der Waals surface area contributed by atoms with Crippen molar-refractivity contribution < 1.29 is 14.3 Å². The topological polar surface area (TPSA) is 73.6 Å². The van der Waals surface area contributed by atoms with E-state index in [1.165, 1.54) is 14.2 Å². The number of nitrogens with two attached hydrogens (primary N) is 1. The predicted octanol–water partition coefficient (Wildman–Crippen LogP) is 2.59. The predicted molar refractivity (Wildman–Crippen MR) is 80.4 cm³/mol. The summed E-state index contributed by atoms with van der Waals surface area (Å²) in [5.41, 5.74) is 6.71. The third-order valence-electron chi connectivity index (χ3n) is 3.27. The van der Waals surface area contributed by atoms with Crippen molar-refractivity contribution in [3.8, 4) is 11.5 Å². The Morgan fingerprint density at radius 2 is 1.85 bits per heavy atom. The Labute approximate surface area is 120 Å². The molecule has 0 heterocycles. The highest BCUT2D eigenvalue weighted by Crippen LogP contribution is 2.31. The van der Waals surface area contributed by atoms with Crippen LogP contribution < -0.4 is 20.5 Å². The summed E-state index contributed by atoms with van der Waals surface area (Å²) in [6.45, 7) is 4.15. The molecule has 1 amide bonds. The molecule has 5 nitrogen and oxygen atoms in total. The third kappa shape index (κ3) is 3.79. The van der Waals surface area contributed by atoms with Crippen LogP contribution >= 0.6 is 0 Å². The minimum Gasteiger partial charge on any atom is -0.493 e. The summed E-state index contributed by atoms with van der Waals surface area (Å²) in [4.78, 5) is 12.3. The van der Waals surface area contributed by atoms with Crippen molar-refractivity contribution in [2.75, 3.05) is 20.0 Å². The lowest BCUT2D eigenvalue weighted by molar-refractivity contribution is 0.0934. The van der Waals surface area contributed by atoms with Gasteiger partial charge in [-0.3, -0.25) is 4.79 Å². The summed E-state index contributed by atoms with van der Waals surface area (Å²) < 4.78 is 10.4. The molecule has 0 aliphatic rings. The van der Waals surface area contributed by atoms with Crippen LogP contribution in [-0.2, 0) is 0 Å². The number of ether oxygens (including phenoxy) is 2. The van der Waals surface area contributed by atoms with Crippen LogP contribution in [-0.4, -0.2) is 26.2 Å². The van der Waals surface area contributed by atoms with E-state index in [9.17, 15) is 4.79 Å². The first-order valence-corrected chi connectivity index (χ1v) is 6.89. The van der Waals surface area contributed by atoms with E-state index in [1.807, 2.05) is 0 Å². The standard InChI is InChI=1S/C15H24N2O3/c1-5-7-10(6-2)17-15(18)11-8-13(19-3)14(20-4)9-12(11)16/h8-10H,5-7,16H2,1-4H3,(H,17,18). The number of hydrogen-bond donors (Lipinski definition) is 2. The molecule has 0 saturated heterocycles. The van der Waals surface area contributed by atoms with Gasteiger partial charge in [-0.15, -0.1) is 0 Å². The fourth-order valence-electron chi connectivity index (χ4n) is 2.08. The van der Waals surface area contributed by atoms with Crippen LogP contribution in [0.15, 0.2) is 12.1 Å². The molecule has 0 aliphatic heterocycles. The maximum absolute atomic E-state index is 12.3. The normalized spacial score (nSPS) is 11.8. The quantitative estimate of drug-likeness (QED) is 0.753. The molecule has 112 valence electrons. The van der Waals surface area contributed by atoms with Gasteiger partial charge in [-0.2, -0.15) is 0 Å². The summed E-state index contributed by atoms with van der Waals surface area (Å²) in [6, 6.07) is 3.39. The van der Waals surface area contributed by atoms with Crippen molar-refractivity contribution in [2.24, 2.45) is 0 Å². The number of carbonyl (C=O) groups excluding carboxylic acids is 1. The number of benzene rings is 1.